The van der Waals surface area contributed by atoms with Crippen LogP contribution in [0.5, 0.6) is 0 Å². The molecule has 2 heterocycles. The molecule has 0 atom stereocenters. The van der Waals surface area contributed by atoms with Crippen LogP contribution in [0.3, 0.4) is 0 Å². The van der Waals surface area contributed by atoms with Crippen LogP contribution in [0.15, 0.2) is 42.6 Å². The van der Waals surface area contributed by atoms with Crippen LogP contribution in [-0.4, -0.2) is 15.3 Å². The third-order valence-electron chi connectivity index (χ3n) is 3.34. The summed E-state index contributed by atoms with van der Waals surface area (Å²) in [6, 6.07) is 8.65. The molecule has 3 aromatic rings. The summed E-state index contributed by atoms with van der Waals surface area (Å²) in [4.78, 5) is 16.6. The molecule has 0 bridgehead atoms. The van der Waals surface area contributed by atoms with E-state index in [2.05, 4.69) is 10.3 Å². The molecule has 0 spiro atoms. The van der Waals surface area contributed by atoms with Crippen molar-refractivity contribution in [2.24, 2.45) is 0 Å². The fraction of sp³-hybridized carbons (Fsp3) is 0.125. The molecule has 6 heteroatoms. The van der Waals surface area contributed by atoms with Gasteiger partial charge >= 0.3 is 0 Å². The Morgan fingerprint density at radius 2 is 1.82 bits per heavy atom. The molecule has 112 valence electrons. The number of nitrogens with zero attached hydrogens (tertiary/aromatic N) is 2. The number of pyridine rings is 1. The zero-order valence-corrected chi connectivity index (χ0v) is 11.8. The molecule has 4 nitrogen and oxygen atoms in total. The smallest absolute Gasteiger partial charge is 0.270 e. The van der Waals surface area contributed by atoms with Gasteiger partial charge in [0.1, 0.15) is 23.0 Å². The van der Waals surface area contributed by atoms with Crippen LogP contribution in [0, 0.1) is 18.6 Å². The van der Waals surface area contributed by atoms with E-state index in [-0.39, 0.29) is 24.0 Å². The average molecular weight is 301 g/mol. The summed E-state index contributed by atoms with van der Waals surface area (Å²) in [5.74, 6) is -1.14. The first-order valence-electron chi connectivity index (χ1n) is 6.71. The number of nitrogens with one attached hydrogen (secondary N) is 1. The van der Waals surface area contributed by atoms with E-state index < -0.39 is 5.82 Å². The summed E-state index contributed by atoms with van der Waals surface area (Å²) in [5.41, 5.74) is 2.08. The highest BCUT2D eigenvalue weighted by Crippen LogP contribution is 2.13. The normalized spacial score (nSPS) is 10.9. The molecular formula is C16H13F2N3O. The molecule has 0 saturated heterocycles. The van der Waals surface area contributed by atoms with Crippen molar-refractivity contribution >= 4 is 11.6 Å². The summed E-state index contributed by atoms with van der Waals surface area (Å²) in [5, 5.41) is 2.73. The third kappa shape index (κ3) is 2.67. The quantitative estimate of drug-likeness (QED) is 0.808. The summed E-state index contributed by atoms with van der Waals surface area (Å²) >= 11 is 0. The van der Waals surface area contributed by atoms with E-state index in [1.807, 2.05) is 0 Å². The molecule has 0 saturated carbocycles. The number of hydrogen-bond donors (Lipinski definition) is 1. The predicted molar refractivity (Wildman–Crippen MR) is 77.5 cm³/mol. The van der Waals surface area contributed by atoms with Crippen molar-refractivity contribution in [3.8, 4) is 0 Å². The standard InChI is InChI=1S/C16H13F2N3O/c1-10-15(21-9-13(18)6-7-14(21)20-10)16(22)19-8-11-2-4-12(17)5-3-11/h2-7,9H,8H2,1H3,(H,19,22). The number of amides is 1. The zero-order valence-electron chi connectivity index (χ0n) is 11.8. The van der Waals surface area contributed by atoms with Crippen LogP contribution >= 0.6 is 0 Å². The second kappa shape index (κ2) is 5.55. The van der Waals surface area contributed by atoms with E-state index in [1.54, 1.807) is 19.1 Å². The second-order valence-electron chi connectivity index (χ2n) is 4.93. The number of aryl methyl sites for hydroxylation is 1. The Morgan fingerprint density at radius 3 is 2.55 bits per heavy atom. The molecule has 3 rings (SSSR count). The van der Waals surface area contributed by atoms with Crippen LogP contribution in [0.25, 0.3) is 5.65 Å². The highest BCUT2D eigenvalue weighted by Gasteiger charge is 2.16. The van der Waals surface area contributed by atoms with Crippen molar-refractivity contribution < 1.29 is 13.6 Å². The lowest BCUT2D eigenvalue weighted by atomic mass is 10.2. The molecule has 1 amide bonds. The van der Waals surface area contributed by atoms with Gasteiger partial charge < -0.3 is 5.32 Å². The SMILES string of the molecule is Cc1nc2ccc(F)cn2c1C(=O)NCc1ccc(F)cc1. The van der Waals surface area contributed by atoms with Crippen molar-refractivity contribution in [1.82, 2.24) is 14.7 Å². The number of carbonyl (C=O) groups excluding carboxylic acids is 1. The molecule has 2 aromatic heterocycles. The van der Waals surface area contributed by atoms with Gasteiger partial charge in [0.25, 0.3) is 5.91 Å². The van der Waals surface area contributed by atoms with E-state index in [0.717, 1.165) is 5.56 Å². The average Bonchev–Trinajstić information content (AvgIpc) is 2.81. The summed E-state index contributed by atoms with van der Waals surface area (Å²) < 4.78 is 27.6. The largest absolute Gasteiger partial charge is 0.347 e. The van der Waals surface area contributed by atoms with Crippen LogP contribution in [-0.2, 0) is 6.54 Å². The van der Waals surface area contributed by atoms with E-state index in [9.17, 15) is 13.6 Å². The number of fused-ring (bicyclic) bond motifs is 1. The van der Waals surface area contributed by atoms with Gasteiger partial charge in [0.15, 0.2) is 0 Å². The molecule has 0 aliphatic carbocycles. The molecule has 0 aliphatic rings. The number of hydrogen-bond acceptors (Lipinski definition) is 2. The first kappa shape index (κ1) is 14.2. The topological polar surface area (TPSA) is 46.4 Å². The minimum atomic E-state index is -0.447. The van der Waals surface area contributed by atoms with Crippen LogP contribution in [0.2, 0.25) is 0 Å². The Morgan fingerprint density at radius 1 is 1.14 bits per heavy atom. The van der Waals surface area contributed by atoms with E-state index in [4.69, 9.17) is 0 Å². The molecule has 0 unspecified atom stereocenters. The number of aromatic nitrogens is 2. The Balaban J connectivity index is 1.84. The first-order chi connectivity index (χ1) is 10.5. The minimum Gasteiger partial charge on any atom is -0.347 e. The zero-order chi connectivity index (χ0) is 15.7. The van der Waals surface area contributed by atoms with Gasteiger partial charge in [-0.3, -0.25) is 9.20 Å². The predicted octanol–water partition coefficient (Wildman–Crippen LogP) is 2.85. The Bertz CT molecular complexity index is 840. The molecule has 1 N–H and O–H groups in total. The monoisotopic (exact) mass is 301 g/mol. The molecule has 1 aromatic carbocycles. The lowest BCUT2D eigenvalue weighted by Crippen LogP contribution is -2.25. The first-order valence-corrected chi connectivity index (χ1v) is 6.71. The highest BCUT2D eigenvalue weighted by molar-refractivity contribution is 5.94. The number of benzene rings is 1. The molecule has 22 heavy (non-hydrogen) atoms. The van der Waals surface area contributed by atoms with Gasteiger partial charge in [0.05, 0.1) is 5.69 Å². The Hall–Kier alpha value is -2.76. The number of carbonyl (C=O) groups is 1. The lowest BCUT2D eigenvalue weighted by Gasteiger charge is -2.06. The van der Waals surface area contributed by atoms with Crippen molar-refractivity contribution in [3.63, 3.8) is 0 Å². The van der Waals surface area contributed by atoms with Gasteiger partial charge in [-0.25, -0.2) is 13.8 Å². The van der Waals surface area contributed by atoms with Crippen LogP contribution in [0.1, 0.15) is 21.7 Å². The Kier molecular flexibility index (Phi) is 3.58. The van der Waals surface area contributed by atoms with Gasteiger partial charge in [-0.2, -0.15) is 0 Å². The van der Waals surface area contributed by atoms with Crippen molar-refractivity contribution in [2.75, 3.05) is 0 Å². The van der Waals surface area contributed by atoms with Crippen molar-refractivity contribution in [3.05, 3.63) is 71.2 Å². The van der Waals surface area contributed by atoms with Gasteiger partial charge in [0, 0.05) is 12.7 Å². The third-order valence-corrected chi connectivity index (χ3v) is 3.34. The van der Waals surface area contributed by atoms with Gasteiger partial charge in [0.2, 0.25) is 0 Å². The summed E-state index contributed by atoms with van der Waals surface area (Å²) in [7, 11) is 0. The number of imidazole rings is 1. The van der Waals surface area contributed by atoms with E-state index in [0.29, 0.717) is 11.3 Å². The Labute approximate surface area is 125 Å². The number of rotatable bonds is 3. The van der Waals surface area contributed by atoms with Gasteiger partial charge in [-0.1, -0.05) is 12.1 Å². The summed E-state index contributed by atoms with van der Waals surface area (Å²) in [6.07, 6.45) is 1.22. The van der Waals surface area contributed by atoms with Crippen LogP contribution in [0.4, 0.5) is 8.78 Å². The van der Waals surface area contributed by atoms with Crippen molar-refractivity contribution in [1.29, 1.82) is 0 Å². The molecular weight excluding hydrogens is 288 g/mol. The number of halogens is 2. The maximum absolute atomic E-state index is 13.4. The second-order valence-corrected chi connectivity index (χ2v) is 4.93. The fourth-order valence-corrected chi connectivity index (χ4v) is 2.28. The molecule has 0 fully saturated rings. The van der Waals surface area contributed by atoms with Crippen molar-refractivity contribution in [2.45, 2.75) is 13.5 Å². The molecule has 0 radical (unpaired) electrons. The van der Waals surface area contributed by atoms with E-state index >= 15 is 0 Å². The highest BCUT2D eigenvalue weighted by atomic mass is 19.1. The van der Waals surface area contributed by atoms with Gasteiger partial charge in [-0.15, -0.1) is 0 Å². The van der Waals surface area contributed by atoms with Gasteiger partial charge in [-0.05, 0) is 36.8 Å². The summed E-state index contributed by atoms with van der Waals surface area (Å²) in [6.45, 7) is 1.94. The van der Waals surface area contributed by atoms with E-state index in [1.165, 1.54) is 34.9 Å². The minimum absolute atomic E-state index is 0.251. The van der Waals surface area contributed by atoms with Crippen LogP contribution < -0.4 is 5.32 Å². The lowest BCUT2D eigenvalue weighted by molar-refractivity contribution is 0.0944. The fourth-order valence-electron chi connectivity index (χ4n) is 2.28. The molecule has 0 aliphatic heterocycles. The maximum atomic E-state index is 13.4. The maximum Gasteiger partial charge on any atom is 0.270 e.